The lowest BCUT2D eigenvalue weighted by Gasteiger charge is -2.02. The molecule has 0 aliphatic rings. The van der Waals surface area contributed by atoms with Crippen molar-refractivity contribution in [3.8, 4) is 0 Å². The number of imidazole rings is 1. The number of hydrogen-bond acceptors (Lipinski definition) is 3. The first-order valence-corrected chi connectivity index (χ1v) is 7.48. The topological polar surface area (TPSA) is 43.3 Å². The van der Waals surface area contributed by atoms with Crippen molar-refractivity contribution in [1.82, 2.24) is 9.38 Å². The summed E-state index contributed by atoms with van der Waals surface area (Å²) in [4.78, 5) is 5.78. The molecule has 3 nitrogen and oxygen atoms in total. The second kappa shape index (κ2) is 5.36. The Morgan fingerprint density at radius 3 is 2.89 bits per heavy atom. The summed E-state index contributed by atoms with van der Waals surface area (Å²) in [7, 11) is 0. The van der Waals surface area contributed by atoms with Gasteiger partial charge in [0.15, 0.2) is 0 Å². The molecule has 0 saturated heterocycles. The van der Waals surface area contributed by atoms with E-state index in [9.17, 15) is 0 Å². The van der Waals surface area contributed by atoms with Crippen molar-refractivity contribution in [2.45, 2.75) is 16.5 Å². The molecule has 2 heterocycles. The number of nitrogens with two attached hydrogens (primary N) is 1. The number of fused-ring (bicyclic) bond motifs is 1. The van der Waals surface area contributed by atoms with Gasteiger partial charge in [0.2, 0.25) is 0 Å². The molecule has 0 aliphatic heterocycles. The summed E-state index contributed by atoms with van der Waals surface area (Å²) in [6.45, 7) is 0.474. The quantitative estimate of drug-likeness (QED) is 0.794. The van der Waals surface area contributed by atoms with Crippen LogP contribution < -0.4 is 5.73 Å². The largest absolute Gasteiger partial charge is 0.325 e. The Balaban J connectivity index is 2.05. The first kappa shape index (κ1) is 12.7. The monoisotopic (exact) mass is 333 g/mol. The minimum absolute atomic E-state index is 0.474. The van der Waals surface area contributed by atoms with Crippen molar-refractivity contribution in [2.75, 3.05) is 0 Å². The second-order valence-electron chi connectivity index (χ2n) is 4.06. The van der Waals surface area contributed by atoms with E-state index >= 15 is 0 Å². The molecule has 0 fully saturated rings. The number of benzene rings is 1. The average Bonchev–Trinajstić information content (AvgIpc) is 2.75. The number of aromatic nitrogens is 2. The fourth-order valence-electron chi connectivity index (χ4n) is 1.93. The third-order valence-corrected chi connectivity index (χ3v) is 4.30. The number of halogens is 1. The Morgan fingerprint density at radius 1 is 1.21 bits per heavy atom. The Kier molecular flexibility index (Phi) is 3.59. The number of nitrogens with zero attached hydrogens (tertiary/aromatic N) is 2. The molecule has 0 bridgehead atoms. The molecular weight excluding hydrogens is 322 g/mol. The summed E-state index contributed by atoms with van der Waals surface area (Å²) >= 11 is 5.12. The van der Waals surface area contributed by atoms with Crippen molar-refractivity contribution in [3.05, 3.63) is 58.8 Å². The summed E-state index contributed by atoms with van der Waals surface area (Å²) < 4.78 is 3.11. The normalized spacial score (nSPS) is 11.1. The Bertz CT molecular complexity index is 724. The summed E-state index contributed by atoms with van der Waals surface area (Å²) in [6.07, 6.45) is 2.00. The second-order valence-corrected chi connectivity index (χ2v) is 6.03. The van der Waals surface area contributed by atoms with Crippen LogP contribution in [0.4, 0.5) is 0 Å². The van der Waals surface area contributed by atoms with E-state index in [0.717, 1.165) is 25.7 Å². The molecule has 0 atom stereocenters. The van der Waals surface area contributed by atoms with Crippen LogP contribution in [0.2, 0.25) is 0 Å². The lowest BCUT2D eigenvalue weighted by Crippen LogP contribution is -2.01. The standard InChI is InChI=1S/C14H12BrN3S/c15-10-4-3-5-11(8-10)19-14-12(9-16)18-7-2-1-6-13(18)17-14/h1-8H,9,16H2. The highest BCUT2D eigenvalue weighted by Gasteiger charge is 2.11. The van der Waals surface area contributed by atoms with E-state index in [1.54, 1.807) is 11.8 Å². The Hall–Kier alpha value is -1.30. The van der Waals surface area contributed by atoms with Gasteiger partial charge in [-0.3, -0.25) is 0 Å². The van der Waals surface area contributed by atoms with Crippen molar-refractivity contribution in [2.24, 2.45) is 5.73 Å². The number of hydrogen-bond donors (Lipinski definition) is 1. The number of rotatable bonds is 3. The maximum absolute atomic E-state index is 5.86. The van der Waals surface area contributed by atoms with E-state index in [-0.39, 0.29) is 0 Å². The van der Waals surface area contributed by atoms with Crippen LogP contribution in [0.1, 0.15) is 5.69 Å². The van der Waals surface area contributed by atoms with E-state index in [4.69, 9.17) is 5.73 Å². The molecule has 1 aromatic carbocycles. The van der Waals surface area contributed by atoms with Gasteiger partial charge in [0.25, 0.3) is 0 Å². The predicted molar refractivity (Wildman–Crippen MR) is 81.3 cm³/mol. The summed E-state index contributed by atoms with van der Waals surface area (Å²) in [5.74, 6) is 0. The molecule has 2 aromatic heterocycles. The van der Waals surface area contributed by atoms with Gasteiger partial charge in [-0.1, -0.05) is 39.8 Å². The molecule has 3 aromatic rings. The van der Waals surface area contributed by atoms with Gasteiger partial charge < -0.3 is 10.1 Å². The third-order valence-electron chi connectivity index (χ3n) is 2.80. The van der Waals surface area contributed by atoms with Gasteiger partial charge in [-0.25, -0.2) is 4.98 Å². The fraction of sp³-hybridized carbons (Fsp3) is 0.0714. The predicted octanol–water partition coefficient (Wildman–Crippen LogP) is 3.71. The molecule has 0 unspecified atom stereocenters. The molecule has 5 heteroatoms. The molecule has 96 valence electrons. The highest BCUT2D eigenvalue weighted by Crippen LogP contribution is 2.31. The van der Waals surface area contributed by atoms with Crippen molar-refractivity contribution in [3.63, 3.8) is 0 Å². The highest BCUT2D eigenvalue weighted by atomic mass is 79.9. The van der Waals surface area contributed by atoms with E-state index in [1.807, 2.05) is 40.9 Å². The van der Waals surface area contributed by atoms with E-state index < -0.39 is 0 Å². The maximum Gasteiger partial charge on any atom is 0.138 e. The zero-order valence-corrected chi connectivity index (χ0v) is 12.5. The molecule has 0 spiro atoms. The fourth-order valence-corrected chi connectivity index (χ4v) is 3.48. The molecular formula is C14H12BrN3S. The minimum atomic E-state index is 0.474. The van der Waals surface area contributed by atoms with Crippen LogP contribution in [0.15, 0.2) is 63.1 Å². The van der Waals surface area contributed by atoms with Gasteiger partial charge in [0.1, 0.15) is 10.7 Å². The third kappa shape index (κ3) is 2.54. The molecule has 19 heavy (non-hydrogen) atoms. The van der Waals surface area contributed by atoms with Crippen LogP contribution in [0.5, 0.6) is 0 Å². The highest BCUT2D eigenvalue weighted by molar-refractivity contribution is 9.10. The van der Waals surface area contributed by atoms with Gasteiger partial charge in [0.05, 0.1) is 5.69 Å². The Labute approximate surface area is 124 Å². The summed E-state index contributed by atoms with van der Waals surface area (Å²) in [5, 5.41) is 0.965. The average molecular weight is 334 g/mol. The molecule has 0 saturated carbocycles. The summed E-state index contributed by atoms with van der Waals surface area (Å²) in [6, 6.07) is 14.1. The SMILES string of the molecule is NCc1c(Sc2cccc(Br)c2)nc2ccccn12. The zero-order chi connectivity index (χ0) is 13.2. The van der Waals surface area contributed by atoms with Gasteiger partial charge in [-0.05, 0) is 30.3 Å². The van der Waals surface area contributed by atoms with Crippen LogP contribution in [0.3, 0.4) is 0 Å². The van der Waals surface area contributed by atoms with Crippen LogP contribution in [0, 0.1) is 0 Å². The Morgan fingerprint density at radius 2 is 2.11 bits per heavy atom. The van der Waals surface area contributed by atoms with Gasteiger partial charge in [-0.15, -0.1) is 0 Å². The van der Waals surface area contributed by atoms with Crippen LogP contribution in [-0.2, 0) is 6.54 Å². The first-order chi connectivity index (χ1) is 9.28. The van der Waals surface area contributed by atoms with Gasteiger partial charge >= 0.3 is 0 Å². The van der Waals surface area contributed by atoms with Crippen LogP contribution in [0.25, 0.3) is 5.65 Å². The minimum Gasteiger partial charge on any atom is -0.325 e. The lowest BCUT2D eigenvalue weighted by molar-refractivity contribution is 0.921. The first-order valence-electron chi connectivity index (χ1n) is 5.87. The maximum atomic E-state index is 5.86. The molecule has 0 radical (unpaired) electrons. The van der Waals surface area contributed by atoms with Crippen molar-refractivity contribution >= 4 is 33.3 Å². The van der Waals surface area contributed by atoms with Crippen molar-refractivity contribution < 1.29 is 0 Å². The summed E-state index contributed by atoms with van der Waals surface area (Å²) in [5.41, 5.74) is 7.83. The lowest BCUT2D eigenvalue weighted by atomic mass is 10.4. The molecule has 0 aliphatic carbocycles. The zero-order valence-electron chi connectivity index (χ0n) is 10.1. The van der Waals surface area contributed by atoms with Gasteiger partial charge in [0, 0.05) is 22.1 Å². The van der Waals surface area contributed by atoms with Crippen LogP contribution in [-0.4, -0.2) is 9.38 Å². The number of pyridine rings is 1. The van der Waals surface area contributed by atoms with E-state index in [2.05, 4.69) is 33.0 Å². The van der Waals surface area contributed by atoms with E-state index in [0.29, 0.717) is 6.54 Å². The van der Waals surface area contributed by atoms with Crippen molar-refractivity contribution in [1.29, 1.82) is 0 Å². The molecule has 0 amide bonds. The van der Waals surface area contributed by atoms with Crippen LogP contribution >= 0.6 is 27.7 Å². The molecule has 3 rings (SSSR count). The smallest absolute Gasteiger partial charge is 0.138 e. The van der Waals surface area contributed by atoms with E-state index in [1.165, 1.54) is 0 Å². The molecule has 2 N–H and O–H groups in total. The van der Waals surface area contributed by atoms with Gasteiger partial charge in [-0.2, -0.15) is 0 Å².